The Bertz CT molecular complexity index is 1350. The third-order valence-corrected chi connectivity index (χ3v) is 8.46. The quantitative estimate of drug-likeness (QED) is 0.487. The molecule has 0 atom stereocenters. The fourth-order valence-electron chi connectivity index (χ4n) is 6.15. The molecule has 1 aromatic carbocycles. The van der Waals surface area contributed by atoms with Gasteiger partial charge >= 0.3 is 0 Å². The van der Waals surface area contributed by atoms with Crippen molar-refractivity contribution >= 4 is 22.4 Å². The van der Waals surface area contributed by atoms with E-state index in [1.807, 2.05) is 29.2 Å². The summed E-state index contributed by atoms with van der Waals surface area (Å²) in [7, 11) is 1.68. The first kappa shape index (κ1) is 24.8. The molecule has 3 aromatic rings. The molecule has 39 heavy (non-hydrogen) atoms. The summed E-state index contributed by atoms with van der Waals surface area (Å²) in [6.45, 7) is 3.49. The summed E-state index contributed by atoms with van der Waals surface area (Å²) in [6, 6.07) is 8.37. The van der Waals surface area contributed by atoms with Crippen LogP contribution in [0.15, 0.2) is 42.7 Å². The van der Waals surface area contributed by atoms with Crippen molar-refractivity contribution in [2.75, 3.05) is 38.9 Å². The fraction of sp³-hybridized carbons (Fsp3) is 0.517. The largest absolute Gasteiger partial charge is 0.497 e. The topological polar surface area (TPSA) is 101 Å². The normalized spacial score (nSPS) is 22.3. The molecule has 206 valence electrons. The van der Waals surface area contributed by atoms with Gasteiger partial charge < -0.3 is 24.3 Å². The van der Waals surface area contributed by atoms with Crippen LogP contribution < -0.4 is 15.5 Å². The smallest absolute Gasteiger partial charge is 0.168 e. The molecule has 1 aliphatic carbocycles. The van der Waals surface area contributed by atoms with Gasteiger partial charge in [-0.05, 0) is 49.5 Å². The molecular weight excluding hydrogens is 498 g/mol. The molecule has 2 saturated heterocycles. The Balaban J connectivity index is 1.21. The lowest BCUT2D eigenvalue weighted by Gasteiger charge is -2.39. The van der Waals surface area contributed by atoms with E-state index in [1.54, 1.807) is 7.11 Å². The molecule has 3 fully saturated rings. The molecular formula is C29H35N5O5. The molecule has 10 heteroatoms. The first-order chi connectivity index (χ1) is 19.1. The molecule has 0 bridgehead atoms. The SMILES string of the molecule is COc1ccc(Cn2ncc3c(NC4CCOCC4)c(C4=CC5(CCC6(CC5)OCCO6)ON4)cnc32)cc1. The number of benzene rings is 1. The van der Waals surface area contributed by atoms with E-state index in [-0.39, 0.29) is 5.60 Å². The van der Waals surface area contributed by atoms with Gasteiger partial charge in [0.25, 0.3) is 0 Å². The van der Waals surface area contributed by atoms with Crippen LogP contribution in [0.5, 0.6) is 5.75 Å². The van der Waals surface area contributed by atoms with Crippen molar-refractivity contribution in [1.29, 1.82) is 0 Å². The first-order valence-electron chi connectivity index (χ1n) is 13.9. The molecule has 0 unspecified atom stereocenters. The van der Waals surface area contributed by atoms with Gasteiger partial charge in [0.05, 0.1) is 49.8 Å². The number of hydrogen-bond acceptors (Lipinski definition) is 9. The Labute approximate surface area is 227 Å². The van der Waals surface area contributed by atoms with Crippen molar-refractivity contribution in [3.63, 3.8) is 0 Å². The molecule has 2 N–H and O–H groups in total. The Kier molecular flexibility index (Phi) is 6.43. The third kappa shape index (κ3) is 4.75. The van der Waals surface area contributed by atoms with Crippen LogP contribution >= 0.6 is 0 Å². The predicted molar refractivity (Wildman–Crippen MR) is 145 cm³/mol. The Morgan fingerprint density at radius 3 is 2.54 bits per heavy atom. The molecule has 2 aromatic heterocycles. The molecule has 7 rings (SSSR count). The predicted octanol–water partition coefficient (Wildman–Crippen LogP) is 4.01. The molecule has 3 aliphatic heterocycles. The number of fused-ring (bicyclic) bond motifs is 1. The number of ether oxygens (including phenoxy) is 4. The summed E-state index contributed by atoms with van der Waals surface area (Å²) in [6.07, 6.45) is 11.3. The zero-order valence-electron chi connectivity index (χ0n) is 22.3. The second-order valence-corrected chi connectivity index (χ2v) is 10.9. The van der Waals surface area contributed by atoms with Crippen LogP contribution in [0.1, 0.15) is 49.7 Å². The minimum atomic E-state index is -0.431. The van der Waals surface area contributed by atoms with Crippen LogP contribution in [0, 0.1) is 0 Å². The summed E-state index contributed by atoms with van der Waals surface area (Å²) in [4.78, 5) is 11.1. The second kappa shape index (κ2) is 10.1. The van der Waals surface area contributed by atoms with E-state index < -0.39 is 5.79 Å². The number of hydrogen-bond donors (Lipinski definition) is 2. The lowest BCUT2D eigenvalue weighted by molar-refractivity contribution is -0.205. The number of nitrogens with one attached hydrogen (secondary N) is 2. The Hall–Kier alpha value is -3.18. The highest BCUT2D eigenvalue weighted by molar-refractivity contribution is 5.96. The maximum Gasteiger partial charge on any atom is 0.168 e. The van der Waals surface area contributed by atoms with Gasteiger partial charge in [-0.3, -0.25) is 10.3 Å². The molecule has 0 radical (unpaired) electrons. The van der Waals surface area contributed by atoms with E-state index in [0.29, 0.717) is 25.8 Å². The molecule has 0 amide bonds. The summed E-state index contributed by atoms with van der Waals surface area (Å²) in [5, 5.41) is 9.56. The van der Waals surface area contributed by atoms with E-state index >= 15 is 0 Å². The zero-order chi connectivity index (χ0) is 26.3. The summed E-state index contributed by atoms with van der Waals surface area (Å²) in [5.41, 5.74) is 7.80. The number of nitrogens with zero attached hydrogens (tertiary/aromatic N) is 3. The average molecular weight is 534 g/mol. The van der Waals surface area contributed by atoms with Crippen LogP contribution in [0.4, 0.5) is 5.69 Å². The lowest BCUT2D eigenvalue weighted by atomic mass is 9.81. The van der Waals surface area contributed by atoms with Crippen LogP contribution in [0.25, 0.3) is 16.7 Å². The van der Waals surface area contributed by atoms with Crippen LogP contribution in [-0.2, 0) is 25.6 Å². The summed E-state index contributed by atoms with van der Waals surface area (Å²) in [5.74, 6) is 0.406. The number of rotatable bonds is 6. The van der Waals surface area contributed by atoms with Gasteiger partial charge in [0.15, 0.2) is 11.4 Å². The van der Waals surface area contributed by atoms with E-state index in [2.05, 4.69) is 29.0 Å². The van der Waals surface area contributed by atoms with E-state index in [9.17, 15) is 0 Å². The molecule has 5 heterocycles. The first-order valence-corrected chi connectivity index (χ1v) is 13.9. The number of aromatic nitrogens is 3. The highest BCUT2D eigenvalue weighted by Gasteiger charge is 2.48. The number of hydroxylamine groups is 1. The number of anilines is 1. The van der Waals surface area contributed by atoms with Gasteiger partial charge in [0.1, 0.15) is 11.4 Å². The van der Waals surface area contributed by atoms with Crippen LogP contribution in [0.2, 0.25) is 0 Å². The standard InChI is InChI=1S/C29H35N5O5/c1-35-22-4-2-20(3-5-22)19-34-27-24(18-31-34)26(32-21-6-12-36-13-7-21)23(17-30-27)25-16-28(39-33-25)8-10-29(11-9-28)37-14-15-38-29/h2-5,16-18,21,33H,6-15,19H2,1H3,(H,30,32). The maximum absolute atomic E-state index is 6.25. The van der Waals surface area contributed by atoms with Crippen molar-refractivity contribution in [2.45, 2.75) is 62.5 Å². The fourth-order valence-corrected chi connectivity index (χ4v) is 6.15. The average Bonchev–Trinajstić information content (AvgIpc) is 3.72. The van der Waals surface area contributed by atoms with E-state index in [1.165, 1.54) is 0 Å². The summed E-state index contributed by atoms with van der Waals surface area (Å²) < 4.78 is 24.7. The maximum atomic E-state index is 6.25. The van der Waals surface area contributed by atoms with Crippen molar-refractivity contribution in [3.05, 3.63) is 53.9 Å². The highest BCUT2D eigenvalue weighted by atomic mass is 16.7. The lowest BCUT2D eigenvalue weighted by Crippen LogP contribution is -2.43. The highest BCUT2D eigenvalue weighted by Crippen LogP contribution is 2.46. The van der Waals surface area contributed by atoms with Crippen LogP contribution in [0.3, 0.4) is 0 Å². The monoisotopic (exact) mass is 533 g/mol. The minimum absolute atomic E-state index is 0.316. The second-order valence-electron chi connectivity index (χ2n) is 10.9. The third-order valence-electron chi connectivity index (χ3n) is 8.46. The number of pyridine rings is 1. The van der Waals surface area contributed by atoms with Crippen LogP contribution in [-0.4, -0.2) is 65.7 Å². The van der Waals surface area contributed by atoms with Crippen molar-refractivity contribution in [2.24, 2.45) is 0 Å². The van der Waals surface area contributed by atoms with Gasteiger partial charge in [-0.15, -0.1) is 0 Å². The summed E-state index contributed by atoms with van der Waals surface area (Å²) >= 11 is 0. The van der Waals surface area contributed by atoms with Gasteiger partial charge in [-0.25, -0.2) is 9.67 Å². The molecule has 4 aliphatic rings. The van der Waals surface area contributed by atoms with Crippen molar-refractivity contribution < 1.29 is 23.8 Å². The number of methoxy groups -OCH3 is 1. The molecule has 10 nitrogen and oxygen atoms in total. The molecule has 2 spiro atoms. The van der Waals surface area contributed by atoms with Crippen molar-refractivity contribution in [3.8, 4) is 5.75 Å². The van der Waals surface area contributed by atoms with Gasteiger partial charge in [0.2, 0.25) is 0 Å². The van der Waals surface area contributed by atoms with Gasteiger partial charge in [-0.1, -0.05) is 12.1 Å². The van der Waals surface area contributed by atoms with E-state index in [4.69, 9.17) is 33.9 Å². The Morgan fingerprint density at radius 1 is 1.03 bits per heavy atom. The molecule has 1 saturated carbocycles. The van der Waals surface area contributed by atoms with Gasteiger partial charge in [-0.2, -0.15) is 5.10 Å². The zero-order valence-corrected chi connectivity index (χ0v) is 22.3. The Morgan fingerprint density at radius 2 is 1.79 bits per heavy atom. The van der Waals surface area contributed by atoms with Gasteiger partial charge in [0, 0.05) is 43.9 Å². The van der Waals surface area contributed by atoms with E-state index in [0.717, 1.165) is 91.0 Å². The minimum Gasteiger partial charge on any atom is -0.497 e. The van der Waals surface area contributed by atoms with Crippen molar-refractivity contribution in [1.82, 2.24) is 20.2 Å².